The summed E-state index contributed by atoms with van der Waals surface area (Å²) in [6.45, 7) is 0.198. The molecule has 0 saturated carbocycles. The minimum absolute atomic E-state index is 0.198. The summed E-state index contributed by atoms with van der Waals surface area (Å²) in [5, 5.41) is 0. The number of rotatable bonds is 3. The smallest absolute Gasteiger partial charge is 0.265 e. The van der Waals surface area contributed by atoms with E-state index >= 15 is 0 Å². The minimum Gasteiger partial charge on any atom is -0.270 e. The summed E-state index contributed by atoms with van der Waals surface area (Å²) < 4.78 is 0. The molecule has 0 bridgehead atoms. The van der Waals surface area contributed by atoms with Gasteiger partial charge in [0.15, 0.2) is 0 Å². The van der Waals surface area contributed by atoms with Crippen LogP contribution in [0.4, 0.5) is 0 Å². The highest BCUT2D eigenvalue weighted by Gasteiger charge is 2.21. The summed E-state index contributed by atoms with van der Waals surface area (Å²) in [5.41, 5.74) is 3.62. The van der Waals surface area contributed by atoms with Crippen molar-refractivity contribution in [2.75, 3.05) is 0 Å². The van der Waals surface area contributed by atoms with Gasteiger partial charge in [-0.2, -0.15) is 0 Å². The van der Waals surface area contributed by atoms with Gasteiger partial charge in [-0.05, 0) is 12.1 Å². The maximum atomic E-state index is 4.53. The molecule has 3 aromatic rings. The first-order valence-electron chi connectivity index (χ1n) is 6.46. The molecule has 0 radical (unpaired) electrons. The van der Waals surface area contributed by atoms with Crippen LogP contribution in [0.15, 0.2) is 85.1 Å². The predicted octanol–water partition coefficient (Wildman–Crippen LogP) is 1.60. The van der Waals surface area contributed by atoms with E-state index in [9.17, 15) is 0 Å². The van der Waals surface area contributed by atoms with Gasteiger partial charge in [0.25, 0.3) is 6.71 Å². The Morgan fingerprint density at radius 2 is 1.11 bits per heavy atom. The van der Waals surface area contributed by atoms with Crippen molar-refractivity contribution in [3.63, 3.8) is 0 Å². The molecular formula is C17H14BN. The first kappa shape index (κ1) is 11.7. The molecule has 0 aliphatic rings. The third-order valence-corrected chi connectivity index (χ3v) is 3.25. The predicted molar refractivity (Wildman–Crippen MR) is 81.8 cm³/mol. The van der Waals surface area contributed by atoms with Crippen molar-refractivity contribution in [1.82, 2.24) is 4.98 Å². The van der Waals surface area contributed by atoms with Crippen molar-refractivity contribution >= 4 is 23.2 Å². The number of hydrogen-bond donors (Lipinski definition) is 0. The van der Waals surface area contributed by atoms with Crippen molar-refractivity contribution in [1.29, 1.82) is 0 Å². The van der Waals surface area contributed by atoms with E-state index in [-0.39, 0.29) is 6.71 Å². The van der Waals surface area contributed by atoms with Crippen LogP contribution in [0.3, 0.4) is 0 Å². The van der Waals surface area contributed by atoms with E-state index < -0.39 is 0 Å². The Morgan fingerprint density at radius 1 is 0.579 bits per heavy atom. The van der Waals surface area contributed by atoms with Crippen LogP contribution in [0.1, 0.15) is 0 Å². The Kier molecular flexibility index (Phi) is 3.41. The molecule has 0 saturated heterocycles. The number of pyridine rings is 1. The molecule has 0 fully saturated rings. The van der Waals surface area contributed by atoms with Gasteiger partial charge in [-0.1, -0.05) is 77.7 Å². The molecule has 0 atom stereocenters. The van der Waals surface area contributed by atoms with Crippen LogP contribution in [0, 0.1) is 0 Å². The summed E-state index contributed by atoms with van der Waals surface area (Å²) in [7, 11) is 0. The van der Waals surface area contributed by atoms with Gasteiger partial charge in [-0.3, -0.25) is 4.98 Å². The molecule has 90 valence electrons. The lowest BCUT2D eigenvalue weighted by atomic mass is 9.38. The van der Waals surface area contributed by atoms with E-state index in [1.165, 1.54) is 10.9 Å². The average molecular weight is 243 g/mol. The van der Waals surface area contributed by atoms with E-state index in [4.69, 9.17) is 0 Å². The zero-order valence-electron chi connectivity index (χ0n) is 10.6. The van der Waals surface area contributed by atoms with Crippen LogP contribution in [-0.4, -0.2) is 11.7 Å². The Morgan fingerprint density at radius 3 is 1.58 bits per heavy atom. The first-order valence-corrected chi connectivity index (χ1v) is 6.46. The quantitative estimate of drug-likeness (QED) is 0.637. The van der Waals surface area contributed by atoms with Crippen molar-refractivity contribution in [2.24, 2.45) is 0 Å². The van der Waals surface area contributed by atoms with Gasteiger partial charge in [0.2, 0.25) is 0 Å². The fourth-order valence-electron chi connectivity index (χ4n) is 2.37. The second-order valence-electron chi connectivity index (χ2n) is 4.51. The summed E-state index contributed by atoms with van der Waals surface area (Å²) in [4.78, 5) is 4.53. The maximum absolute atomic E-state index is 4.53. The van der Waals surface area contributed by atoms with E-state index in [0.29, 0.717) is 0 Å². The summed E-state index contributed by atoms with van der Waals surface area (Å²) in [6, 6.07) is 27.1. The molecule has 1 aromatic heterocycles. The highest BCUT2D eigenvalue weighted by molar-refractivity contribution is 6.95. The molecule has 0 aliphatic carbocycles. The molecule has 0 amide bonds. The van der Waals surface area contributed by atoms with Gasteiger partial charge in [-0.15, -0.1) is 0 Å². The lowest BCUT2D eigenvalue weighted by Crippen LogP contribution is -2.53. The number of benzene rings is 2. The normalized spacial score (nSPS) is 10.1. The second-order valence-corrected chi connectivity index (χ2v) is 4.51. The molecule has 2 heteroatoms. The zero-order chi connectivity index (χ0) is 12.9. The minimum atomic E-state index is 0.198. The average Bonchev–Trinajstić information content (AvgIpc) is 2.51. The first-order chi connectivity index (χ1) is 9.45. The molecule has 0 aliphatic heterocycles. The fourth-order valence-corrected chi connectivity index (χ4v) is 2.37. The summed E-state index contributed by atoms with van der Waals surface area (Å²) >= 11 is 0. The molecule has 3 rings (SSSR count). The number of nitrogens with zero attached hydrogens (tertiary/aromatic N) is 1. The highest BCUT2D eigenvalue weighted by atomic mass is 14.6. The van der Waals surface area contributed by atoms with Crippen LogP contribution in [0.2, 0.25) is 0 Å². The van der Waals surface area contributed by atoms with Crippen LogP contribution in [0.25, 0.3) is 0 Å². The summed E-state index contributed by atoms with van der Waals surface area (Å²) in [6.07, 6.45) is 1.86. The van der Waals surface area contributed by atoms with Gasteiger partial charge in [0.05, 0.1) is 0 Å². The highest BCUT2D eigenvalue weighted by Crippen LogP contribution is 1.93. The summed E-state index contributed by atoms with van der Waals surface area (Å²) in [5.74, 6) is 0. The molecule has 19 heavy (non-hydrogen) atoms. The van der Waals surface area contributed by atoms with Crippen LogP contribution in [-0.2, 0) is 0 Å². The topological polar surface area (TPSA) is 12.9 Å². The fraction of sp³-hybridized carbons (Fsp3) is 0. The Labute approximate surface area is 114 Å². The van der Waals surface area contributed by atoms with E-state index in [0.717, 1.165) is 5.59 Å². The van der Waals surface area contributed by atoms with E-state index in [2.05, 4.69) is 59.6 Å². The molecule has 0 spiro atoms. The van der Waals surface area contributed by atoms with Crippen molar-refractivity contribution < 1.29 is 0 Å². The second kappa shape index (κ2) is 5.53. The van der Waals surface area contributed by atoms with Crippen molar-refractivity contribution in [3.05, 3.63) is 85.1 Å². The van der Waals surface area contributed by atoms with Crippen molar-refractivity contribution in [3.8, 4) is 0 Å². The SMILES string of the molecule is c1ccc(B(c2ccccc2)c2ccccn2)cc1. The van der Waals surface area contributed by atoms with E-state index in [1.807, 2.05) is 30.5 Å². The maximum Gasteiger partial charge on any atom is 0.265 e. The number of hydrogen-bond acceptors (Lipinski definition) is 1. The van der Waals surface area contributed by atoms with Crippen LogP contribution >= 0.6 is 0 Å². The molecule has 1 nitrogen and oxygen atoms in total. The van der Waals surface area contributed by atoms with Gasteiger partial charge in [-0.25, -0.2) is 0 Å². The third kappa shape index (κ3) is 2.58. The largest absolute Gasteiger partial charge is 0.270 e. The number of aromatic nitrogens is 1. The lowest BCUT2D eigenvalue weighted by molar-refractivity contribution is 1.38. The monoisotopic (exact) mass is 243 g/mol. The molecule has 2 aromatic carbocycles. The molecule has 0 N–H and O–H groups in total. The molecule has 1 heterocycles. The molecular weight excluding hydrogens is 229 g/mol. The van der Waals surface area contributed by atoms with Gasteiger partial charge >= 0.3 is 0 Å². The third-order valence-electron chi connectivity index (χ3n) is 3.25. The van der Waals surface area contributed by atoms with Crippen molar-refractivity contribution in [2.45, 2.75) is 0 Å². The van der Waals surface area contributed by atoms with Crippen LogP contribution < -0.4 is 16.5 Å². The van der Waals surface area contributed by atoms with Gasteiger partial charge in [0.1, 0.15) is 0 Å². The van der Waals surface area contributed by atoms with Gasteiger partial charge in [0, 0.05) is 11.8 Å². The Hall–Kier alpha value is -2.35. The van der Waals surface area contributed by atoms with E-state index in [1.54, 1.807) is 0 Å². The Bertz CT molecular complexity index is 529. The standard InChI is InChI=1S/C17H14BN/c1-3-9-15(10-4-1)18(16-11-5-2-6-12-16)17-13-7-8-14-19-17/h1-14H. The lowest BCUT2D eigenvalue weighted by Gasteiger charge is -2.13. The Balaban J connectivity index is 2.12. The molecule has 0 unspecified atom stereocenters. The van der Waals surface area contributed by atoms with Crippen LogP contribution in [0.5, 0.6) is 0 Å². The zero-order valence-corrected chi connectivity index (χ0v) is 10.6. The van der Waals surface area contributed by atoms with Gasteiger partial charge < -0.3 is 0 Å².